The lowest BCUT2D eigenvalue weighted by molar-refractivity contribution is -0.117. The molecule has 2 aromatic rings. The quantitative estimate of drug-likeness (QED) is 0.870. The molecular weight excluding hydrogens is 258 g/mol. The molecule has 1 aliphatic heterocycles. The Bertz CT molecular complexity index is 565. The van der Waals surface area contributed by atoms with Crippen molar-refractivity contribution in [3.63, 3.8) is 0 Å². The Morgan fingerprint density at radius 2 is 2.00 bits per heavy atom. The van der Waals surface area contributed by atoms with Crippen LogP contribution in [-0.4, -0.2) is 28.0 Å². The molecule has 1 aliphatic rings. The van der Waals surface area contributed by atoms with Crippen LogP contribution in [0.5, 0.6) is 0 Å². The number of nitrogens with zero attached hydrogens (tertiary/aromatic N) is 3. The maximum absolute atomic E-state index is 11.9. The zero-order chi connectivity index (χ0) is 13.2. The van der Waals surface area contributed by atoms with Crippen LogP contribution in [0, 0.1) is 5.92 Å². The van der Waals surface area contributed by atoms with E-state index in [-0.39, 0.29) is 5.91 Å². The van der Waals surface area contributed by atoms with Gasteiger partial charge in [-0.3, -0.25) is 4.79 Å². The van der Waals surface area contributed by atoms with Crippen LogP contribution in [0.4, 0.5) is 5.69 Å². The van der Waals surface area contributed by atoms with E-state index in [9.17, 15) is 4.79 Å². The van der Waals surface area contributed by atoms with Gasteiger partial charge in [-0.15, -0.1) is 0 Å². The van der Waals surface area contributed by atoms with Gasteiger partial charge in [0.2, 0.25) is 5.91 Å². The van der Waals surface area contributed by atoms with Crippen LogP contribution in [-0.2, 0) is 4.79 Å². The third kappa shape index (κ3) is 2.38. The van der Waals surface area contributed by atoms with Crippen molar-refractivity contribution < 1.29 is 4.79 Å². The highest BCUT2D eigenvalue weighted by molar-refractivity contribution is 7.80. The summed E-state index contributed by atoms with van der Waals surface area (Å²) >= 11 is 4.28. The van der Waals surface area contributed by atoms with Gasteiger partial charge in [-0.1, -0.05) is 0 Å². The number of anilines is 1. The Balaban J connectivity index is 1.81. The van der Waals surface area contributed by atoms with Gasteiger partial charge in [0, 0.05) is 31.0 Å². The molecule has 1 unspecified atom stereocenters. The van der Waals surface area contributed by atoms with Gasteiger partial charge in [-0.2, -0.15) is 17.7 Å². The largest absolute Gasteiger partial charge is 0.312 e. The number of rotatable bonds is 3. The van der Waals surface area contributed by atoms with Gasteiger partial charge in [-0.25, -0.2) is 4.68 Å². The van der Waals surface area contributed by atoms with Crippen molar-refractivity contribution in [3.8, 4) is 5.69 Å². The predicted molar refractivity (Wildman–Crippen MR) is 77.9 cm³/mol. The van der Waals surface area contributed by atoms with E-state index >= 15 is 0 Å². The van der Waals surface area contributed by atoms with Crippen molar-refractivity contribution in [2.45, 2.75) is 6.42 Å². The number of thiol groups is 1. The number of benzene rings is 1. The Morgan fingerprint density at radius 3 is 2.58 bits per heavy atom. The zero-order valence-corrected chi connectivity index (χ0v) is 11.3. The van der Waals surface area contributed by atoms with Gasteiger partial charge in [0.05, 0.1) is 5.69 Å². The summed E-state index contributed by atoms with van der Waals surface area (Å²) in [5.41, 5.74) is 1.94. The Kier molecular flexibility index (Phi) is 3.29. The van der Waals surface area contributed by atoms with E-state index < -0.39 is 0 Å². The van der Waals surface area contributed by atoms with E-state index in [0.29, 0.717) is 12.3 Å². The first-order valence-corrected chi connectivity index (χ1v) is 6.92. The van der Waals surface area contributed by atoms with E-state index in [4.69, 9.17) is 0 Å². The standard InChI is InChI=1S/C14H15N3OS/c18-14-8-11(10-19)9-16(14)12-2-4-13(5-3-12)17-7-1-6-15-17/h1-7,11,19H,8-10H2. The third-order valence-electron chi connectivity index (χ3n) is 3.39. The summed E-state index contributed by atoms with van der Waals surface area (Å²) < 4.78 is 1.80. The fourth-order valence-corrected chi connectivity index (χ4v) is 2.60. The number of carbonyl (C=O) groups is 1. The first-order valence-electron chi connectivity index (χ1n) is 6.29. The summed E-state index contributed by atoms with van der Waals surface area (Å²) in [5.74, 6) is 1.31. The molecule has 4 nitrogen and oxygen atoms in total. The molecule has 0 aliphatic carbocycles. The monoisotopic (exact) mass is 273 g/mol. The van der Waals surface area contributed by atoms with Crippen LogP contribution in [0.2, 0.25) is 0 Å². The minimum atomic E-state index is 0.186. The van der Waals surface area contributed by atoms with Gasteiger partial charge in [0.25, 0.3) is 0 Å². The average molecular weight is 273 g/mol. The molecule has 1 amide bonds. The number of hydrogen-bond acceptors (Lipinski definition) is 3. The lowest BCUT2D eigenvalue weighted by Crippen LogP contribution is -2.24. The summed E-state index contributed by atoms with van der Waals surface area (Å²) in [4.78, 5) is 13.8. The van der Waals surface area contributed by atoms with Crippen LogP contribution in [0.25, 0.3) is 5.69 Å². The van der Waals surface area contributed by atoms with Gasteiger partial charge in [0.1, 0.15) is 0 Å². The summed E-state index contributed by atoms with van der Waals surface area (Å²) in [6, 6.07) is 9.77. The van der Waals surface area contributed by atoms with E-state index in [1.54, 1.807) is 10.9 Å². The molecule has 2 heterocycles. The normalized spacial score (nSPS) is 19.1. The topological polar surface area (TPSA) is 38.1 Å². The van der Waals surface area contributed by atoms with Crippen molar-refractivity contribution in [1.82, 2.24) is 9.78 Å². The fourth-order valence-electron chi connectivity index (χ4n) is 2.36. The van der Waals surface area contributed by atoms with E-state index in [2.05, 4.69) is 17.7 Å². The number of amides is 1. The van der Waals surface area contributed by atoms with Gasteiger partial charge in [-0.05, 0) is 42.0 Å². The van der Waals surface area contributed by atoms with Crippen LogP contribution in [0.1, 0.15) is 6.42 Å². The smallest absolute Gasteiger partial charge is 0.227 e. The first kappa shape index (κ1) is 12.3. The highest BCUT2D eigenvalue weighted by Crippen LogP contribution is 2.26. The molecular formula is C14H15N3OS. The molecule has 1 aromatic carbocycles. The summed E-state index contributed by atoms with van der Waals surface area (Å²) in [6.07, 6.45) is 4.24. The molecule has 5 heteroatoms. The molecule has 0 spiro atoms. The molecule has 0 N–H and O–H groups in total. The number of aromatic nitrogens is 2. The summed E-state index contributed by atoms with van der Waals surface area (Å²) in [6.45, 7) is 0.767. The molecule has 0 radical (unpaired) electrons. The lowest BCUT2D eigenvalue weighted by atomic mass is 10.1. The van der Waals surface area contributed by atoms with E-state index in [1.807, 2.05) is 41.4 Å². The van der Waals surface area contributed by atoms with Crippen molar-refractivity contribution in [2.75, 3.05) is 17.2 Å². The second-order valence-corrected chi connectivity index (χ2v) is 5.09. The number of hydrogen-bond donors (Lipinski definition) is 1. The third-order valence-corrected chi connectivity index (χ3v) is 3.91. The Hall–Kier alpha value is -1.75. The van der Waals surface area contributed by atoms with E-state index in [1.165, 1.54) is 0 Å². The molecule has 1 saturated heterocycles. The molecule has 0 bridgehead atoms. The van der Waals surface area contributed by atoms with E-state index in [0.717, 1.165) is 23.7 Å². The van der Waals surface area contributed by atoms with Crippen LogP contribution < -0.4 is 4.90 Å². The van der Waals surface area contributed by atoms with Crippen molar-refractivity contribution in [3.05, 3.63) is 42.7 Å². The molecule has 3 rings (SSSR count). The first-order chi connectivity index (χ1) is 9.28. The fraction of sp³-hybridized carbons (Fsp3) is 0.286. The summed E-state index contributed by atoms with van der Waals surface area (Å²) in [7, 11) is 0. The maximum Gasteiger partial charge on any atom is 0.227 e. The second kappa shape index (κ2) is 5.09. The van der Waals surface area contributed by atoms with Gasteiger partial charge < -0.3 is 4.90 Å². The van der Waals surface area contributed by atoms with Crippen LogP contribution in [0.15, 0.2) is 42.7 Å². The highest BCUT2D eigenvalue weighted by atomic mass is 32.1. The van der Waals surface area contributed by atoms with Gasteiger partial charge >= 0.3 is 0 Å². The molecule has 98 valence electrons. The minimum absolute atomic E-state index is 0.186. The molecule has 1 atom stereocenters. The van der Waals surface area contributed by atoms with Crippen LogP contribution >= 0.6 is 12.6 Å². The van der Waals surface area contributed by atoms with Crippen molar-refractivity contribution >= 4 is 24.2 Å². The molecule has 19 heavy (non-hydrogen) atoms. The Labute approximate surface area is 117 Å². The minimum Gasteiger partial charge on any atom is -0.312 e. The van der Waals surface area contributed by atoms with Crippen molar-refractivity contribution in [1.29, 1.82) is 0 Å². The average Bonchev–Trinajstić information content (AvgIpc) is 3.08. The molecule has 1 fully saturated rings. The summed E-state index contributed by atoms with van der Waals surface area (Å²) in [5, 5.41) is 4.18. The highest BCUT2D eigenvalue weighted by Gasteiger charge is 2.29. The van der Waals surface area contributed by atoms with Crippen LogP contribution in [0.3, 0.4) is 0 Å². The SMILES string of the molecule is O=C1CC(CS)CN1c1ccc(-n2cccn2)cc1. The predicted octanol–water partition coefficient (Wildman–Crippen LogP) is 2.16. The molecule has 0 saturated carbocycles. The lowest BCUT2D eigenvalue weighted by Gasteiger charge is -2.16. The zero-order valence-electron chi connectivity index (χ0n) is 10.4. The van der Waals surface area contributed by atoms with Crippen molar-refractivity contribution in [2.24, 2.45) is 5.92 Å². The maximum atomic E-state index is 11.9. The number of carbonyl (C=O) groups excluding carboxylic acids is 1. The van der Waals surface area contributed by atoms with Gasteiger partial charge in [0.15, 0.2) is 0 Å². The molecule has 1 aromatic heterocycles. The Morgan fingerprint density at radius 1 is 1.26 bits per heavy atom. The second-order valence-electron chi connectivity index (χ2n) is 4.72.